The summed E-state index contributed by atoms with van der Waals surface area (Å²) in [5, 5.41) is 0.502. The van der Waals surface area contributed by atoms with Gasteiger partial charge in [-0.15, -0.1) is 0 Å². The van der Waals surface area contributed by atoms with Gasteiger partial charge in [-0.2, -0.15) is 0 Å². The van der Waals surface area contributed by atoms with E-state index in [4.69, 9.17) is 11.6 Å². The smallest absolute Gasteiger partial charge is 0.255 e. The summed E-state index contributed by atoms with van der Waals surface area (Å²) in [4.78, 5) is 16.8. The molecule has 1 saturated heterocycles. The Hall–Kier alpha value is -0.580. The molecule has 3 nitrogen and oxygen atoms in total. The van der Waals surface area contributed by atoms with E-state index in [1.807, 2.05) is 17.0 Å². The van der Waals surface area contributed by atoms with Crippen LogP contribution < -0.4 is 0 Å². The van der Waals surface area contributed by atoms with Crippen LogP contribution in [0.2, 0.25) is 5.02 Å². The molecular weight excluding hydrogens is 340 g/mol. The van der Waals surface area contributed by atoms with E-state index in [-0.39, 0.29) is 5.91 Å². The van der Waals surface area contributed by atoms with Crippen LogP contribution in [0.3, 0.4) is 0 Å². The Morgan fingerprint density at radius 2 is 1.95 bits per heavy atom. The van der Waals surface area contributed by atoms with E-state index in [1.165, 1.54) is 0 Å². The van der Waals surface area contributed by atoms with Crippen LogP contribution in [0.15, 0.2) is 22.7 Å². The number of hydrogen-bond donors (Lipinski definition) is 0. The number of rotatable bonds is 3. The molecule has 2 rings (SSSR count). The van der Waals surface area contributed by atoms with E-state index in [2.05, 4.69) is 34.7 Å². The van der Waals surface area contributed by atoms with E-state index in [0.29, 0.717) is 16.5 Å². The predicted octanol–water partition coefficient (Wildman–Crippen LogP) is 3.52. The van der Waals surface area contributed by atoms with Crippen LogP contribution in [0, 0.1) is 5.92 Å². The van der Waals surface area contributed by atoms with Gasteiger partial charge in [0.05, 0.1) is 10.6 Å². The zero-order chi connectivity index (χ0) is 14.7. The van der Waals surface area contributed by atoms with Gasteiger partial charge in [0.2, 0.25) is 0 Å². The normalized spacial score (nSPS) is 16.8. The summed E-state index contributed by atoms with van der Waals surface area (Å²) >= 11 is 9.56. The number of carbonyl (C=O) groups is 1. The number of amides is 1. The number of piperazine rings is 1. The molecule has 20 heavy (non-hydrogen) atoms. The zero-order valence-electron chi connectivity index (χ0n) is 11.9. The van der Waals surface area contributed by atoms with E-state index in [1.54, 1.807) is 6.07 Å². The summed E-state index contributed by atoms with van der Waals surface area (Å²) in [5.74, 6) is 0.692. The largest absolute Gasteiger partial charge is 0.336 e. The SMILES string of the molecule is CC(C)CN1CCN(C(=O)c2cccc(Br)c2Cl)CC1. The maximum Gasteiger partial charge on any atom is 0.255 e. The first-order valence-corrected chi connectivity index (χ1v) is 8.11. The molecule has 0 spiro atoms. The van der Waals surface area contributed by atoms with Gasteiger partial charge in [0.15, 0.2) is 0 Å². The Balaban J connectivity index is 2.00. The van der Waals surface area contributed by atoms with E-state index >= 15 is 0 Å². The van der Waals surface area contributed by atoms with E-state index in [0.717, 1.165) is 37.2 Å². The molecule has 1 amide bonds. The van der Waals surface area contributed by atoms with Crippen LogP contribution >= 0.6 is 27.5 Å². The van der Waals surface area contributed by atoms with Crippen molar-refractivity contribution in [1.29, 1.82) is 0 Å². The molecule has 1 aliphatic heterocycles. The number of carbonyl (C=O) groups excluding carboxylic acids is 1. The first kappa shape index (κ1) is 15.8. The molecule has 1 aliphatic rings. The van der Waals surface area contributed by atoms with Crippen molar-refractivity contribution in [3.05, 3.63) is 33.3 Å². The van der Waals surface area contributed by atoms with Gasteiger partial charge >= 0.3 is 0 Å². The summed E-state index contributed by atoms with van der Waals surface area (Å²) in [7, 11) is 0. The average molecular weight is 360 g/mol. The van der Waals surface area contributed by atoms with Gasteiger partial charge in [-0.05, 0) is 34.0 Å². The van der Waals surface area contributed by atoms with Crippen molar-refractivity contribution in [2.45, 2.75) is 13.8 Å². The fourth-order valence-electron chi connectivity index (χ4n) is 2.49. The summed E-state index contributed by atoms with van der Waals surface area (Å²) in [6.07, 6.45) is 0. The Morgan fingerprint density at radius 1 is 1.30 bits per heavy atom. The molecule has 5 heteroatoms. The van der Waals surface area contributed by atoms with Gasteiger partial charge in [0.1, 0.15) is 0 Å². The van der Waals surface area contributed by atoms with Gasteiger partial charge < -0.3 is 4.90 Å². The van der Waals surface area contributed by atoms with Crippen molar-refractivity contribution in [3.63, 3.8) is 0 Å². The van der Waals surface area contributed by atoms with Crippen molar-refractivity contribution in [2.75, 3.05) is 32.7 Å². The number of nitrogens with zero attached hydrogens (tertiary/aromatic N) is 2. The van der Waals surface area contributed by atoms with E-state index in [9.17, 15) is 4.79 Å². The number of hydrogen-bond acceptors (Lipinski definition) is 2. The number of benzene rings is 1. The fraction of sp³-hybridized carbons (Fsp3) is 0.533. The average Bonchev–Trinajstić information content (AvgIpc) is 2.41. The molecule has 1 heterocycles. The molecule has 0 unspecified atom stereocenters. The minimum Gasteiger partial charge on any atom is -0.336 e. The Morgan fingerprint density at radius 3 is 2.55 bits per heavy atom. The summed E-state index contributed by atoms with van der Waals surface area (Å²) in [6.45, 7) is 8.96. The highest BCUT2D eigenvalue weighted by atomic mass is 79.9. The van der Waals surface area contributed by atoms with Gasteiger partial charge in [-0.3, -0.25) is 9.69 Å². The highest BCUT2D eigenvalue weighted by Gasteiger charge is 2.24. The predicted molar refractivity (Wildman–Crippen MR) is 86.3 cm³/mol. The minimum absolute atomic E-state index is 0.0282. The topological polar surface area (TPSA) is 23.6 Å². The zero-order valence-corrected chi connectivity index (χ0v) is 14.2. The third-order valence-corrected chi connectivity index (χ3v) is 4.76. The Bertz CT molecular complexity index is 485. The van der Waals surface area contributed by atoms with Crippen LogP contribution in [-0.2, 0) is 0 Å². The van der Waals surface area contributed by atoms with Crippen molar-refractivity contribution in [3.8, 4) is 0 Å². The molecule has 0 saturated carbocycles. The highest BCUT2D eigenvalue weighted by molar-refractivity contribution is 9.10. The van der Waals surface area contributed by atoms with Gasteiger partial charge in [-0.25, -0.2) is 0 Å². The monoisotopic (exact) mass is 358 g/mol. The van der Waals surface area contributed by atoms with Gasteiger partial charge in [-0.1, -0.05) is 31.5 Å². The maximum atomic E-state index is 12.5. The molecule has 0 atom stereocenters. The second-order valence-corrected chi connectivity index (χ2v) is 6.82. The van der Waals surface area contributed by atoms with E-state index < -0.39 is 0 Å². The molecule has 110 valence electrons. The van der Waals surface area contributed by atoms with Crippen LogP contribution in [-0.4, -0.2) is 48.4 Å². The van der Waals surface area contributed by atoms with Crippen LogP contribution in [0.5, 0.6) is 0 Å². The molecule has 1 aromatic carbocycles. The van der Waals surface area contributed by atoms with Crippen LogP contribution in [0.4, 0.5) is 0 Å². The lowest BCUT2D eigenvalue weighted by Crippen LogP contribution is -2.49. The summed E-state index contributed by atoms with van der Waals surface area (Å²) in [5.41, 5.74) is 0.582. The third kappa shape index (κ3) is 3.74. The molecule has 0 aliphatic carbocycles. The standard InChI is InChI=1S/C15H20BrClN2O/c1-11(2)10-18-6-8-19(9-7-18)15(20)12-4-3-5-13(16)14(12)17/h3-5,11H,6-10H2,1-2H3. The number of halogens is 2. The molecule has 0 radical (unpaired) electrons. The lowest BCUT2D eigenvalue weighted by molar-refractivity contribution is 0.0624. The first-order chi connectivity index (χ1) is 9.49. The van der Waals surface area contributed by atoms with Crippen molar-refractivity contribution in [1.82, 2.24) is 9.80 Å². The fourth-order valence-corrected chi connectivity index (χ4v) is 3.06. The molecule has 0 bridgehead atoms. The lowest BCUT2D eigenvalue weighted by atomic mass is 10.1. The Labute approximate surface area is 134 Å². The van der Waals surface area contributed by atoms with Crippen molar-refractivity contribution in [2.24, 2.45) is 5.92 Å². The first-order valence-electron chi connectivity index (χ1n) is 6.94. The maximum absolute atomic E-state index is 12.5. The molecule has 0 N–H and O–H groups in total. The van der Waals surface area contributed by atoms with Crippen molar-refractivity contribution < 1.29 is 4.79 Å². The van der Waals surface area contributed by atoms with Crippen molar-refractivity contribution >= 4 is 33.4 Å². The van der Waals surface area contributed by atoms with Crippen LogP contribution in [0.25, 0.3) is 0 Å². The summed E-state index contributed by atoms with van der Waals surface area (Å²) < 4.78 is 0.767. The second kappa shape index (κ2) is 6.92. The Kier molecular flexibility index (Phi) is 5.47. The van der Waals surface area contributed by atoms with Gasteiger partial charge in [0.25, 0.3) is 5.91 Å². The quantitative estimate of drug-likeness (QED) is 0.824. The molecule has 1 aromatic rings. The van der Waals surface area contributed by atoms with Crippen LogP contribution in [0.1, 0.15) is 24.2 Å². The minimum atomic E-state index is 0.0282. The highest BCUT2D eigenvalue weighted by Crippen LogP contribution is 2.27. The second-order valence-electron chi connectivity index (χ2n) is 5.59. The molecular formula is C15H20BrClN2O. The molecule has 1 fully saturated rings. The molecule has 0 aromatic heterocycles. The lowest BCUT2D eigenvalue weighted by Gasteiger charge is -2.35. The van der Waals surface area contributed by atoms with Gasteiger partial charge in [0, 0.05) is 37.2 Å². The third-order valence-electron chi connectivity index (χ3n) is 3.46. The summed E-state index contributed by atoms with van der Waals surface area (Å²) in [6, 6.07) is 5.48.